The molecule has 0 fully saturated rings. The van der Waals surface area contributed by atoms with E-state index < -0.39 is 34.9 Å². The van der Waals surface area contributed by atoms with Gasteiger partial charge in [0, 0.05) is 5.56 Å². The van der Waals surface area contributed by atoms with Crippen molar-refractivity contribution in [1.29, 1.82) is 0 Å². The summed E-state index contributed by atoms with van der Waals surface area (Å²) in [4.78, 5) is 23.8. The molecule has 8 nitrogen and oxygen atoms in total. The highest BCUT2D eigenvalue weighted by molar-refractivity contribution is 7.89. The van der Waals surface area contributed by atoms with E-state index in [0.717, 1.165) is 0 Å². The minimum absolute atomic E-state index is 0.0317. The first-order valence-electron chi connectivity index (χ1n) is 7.59. The number of fused-ring (bicyclic) bond motifs is 1. The summed E-state index contributed by atoms with van der Waals surface area (Å²) in [5.41, 5.74) is 0.298. The Kier molecular flexibility index (Phi) is 5.19. The number of hydrogen-bond acceptors (Lipinski definition) is 7. The molecule has 0 atom stereocenters. The van der Waals surface area contributed by atoms with E-state index in [1.54, 1.807) is 24.3 Å². The Labute approximate surface area is 149 Å². The second-order valence-electron chi connectivity index (χ2n) is 5.29. The van der Waals surface area contributed by atoms with Crippen molar-refractivity contribution in [3.63, 3.8) is 0 Å². The molecule has 0 saturated carbocycles. The normalized spacial score (nSPS) is 12.6. The third-order valence-electron chi connectivity index (χ3n) is 3.52. The molecule has 26 heavy (non-hydrogen) atoms. The van der Waals surface area contributed by atoms with E-state index in [1.807, 2.05) is 0 Å². The highest BCUT2D eigenvalue weighted by Crippen LogP contribution is 2.32. The Morgan fingerprint density at radius 2 is 1.77 bits per heavy atom. The quantitative estimate of drug-likeness (QED) is 0.569. The zero-order valence-corrected chi connectivity index (χ0v) is 14.3. The third kappa shape index (κ3) is 4.19. The average Bonchev–Trinajstić information content (AvgIpc) is 3.13. The van der Waals surface area contributed by atoms with Crippen molar-refractivity contribution >= 4 is 21.8 Å². The van der Waals surface area contributed by atoms with Crippen molar-refractivity contribution < 1.29 is 32.2 Å². The fourth-order valence-electron chi connectivity index (χ4n) is 2.19. The minimum atomic E-state index is -3.82. The maximum atomic E-state index is 12.1. The number of nitrogens with one attached hydrogen (secondary N) is 1. The number of carbonyl (C=O) groups excluding carboxylic acids is 2. The largest absolute Gasteiger partial charge is 0.456 e. The molecule has 136 valence electrons. The molecule has 1 heterocycles. The smallest absolute Gasteiger partial charge is 0.321 e. The van der Waals surface area contributed by atoms with Gasteiger partial charge >= 0.3 is 5.97 Å². The Morgan fingerprint density at radius 3 is 2.54 bits per heavy atom. The number of esters is 1. The van der Waals surface area contributed by atoms with E-state index in [9.17, 15) is 18.0 Å². The van der Waals surface area contributed by atoms with Crippen LogP contribution in [0.5, 0.6) is 11.5 Å². The van der Waals surface area contributed by atoms with Crippen LogP contribution in [0, 0.1) is 0 Å². The van der Waals surface area contributed by atoms with Crippen LogP contribution >= 0.6 is 0 Å². The van der Waals surface area contributed by atoms with Gasteiger partial charge in [0.15, 0.2) is 23.9 Å². The molecular formula is C17H15NO7S. The van der Waals surface area contributed by atoms with Crippen LogP contribution in [0.4, 0.5) is 0 Å². The number of benzene rings is 2. The lowest BCUT2D eigenvalue weighted by Crippen LogP contribution is -2.31. The molecule has 0 unspecified atom stereocenters. The summed E-state index contributed by atoms with van der Waals surface area (Å²) in [6, 6.07) is 12.2. The highest BCUT2D eigenvalue weighted by atomic mass is 32.2. The Balaban J connectivity index is 1.50. The predicted molar refractivity (Wildman–Crippen MR) is 89.5 cm³/mol. The highest BCUT2D eigenvalue weighted by Gasteiger charge is 2.19. The van der Waals surface area contributed by atoms with Gasteiger partial charge in [0.25, 0.3) is 0 Å². The van der Waals surface area contributed by atoms with E-state index in [4.69, 9.17) is 14.2 Å². The molecule has 0 amide bonds. The van der Waals surface area contributed by atoms with Gasteiger partial charge in [-0.2, -0.15) is 4.72 Å². The number of carbonyl (C=O) groups is 2. The monoisotopic (exact) mass is 377 g/mol. The van der Waals surface area contributed by atoms with Gasteiger partial charge < -0.3 is 14.2 Å². The predicted octanol–water partition coefficient (Wildman–Crippen LogP) is 1.12. The molecule has 0 aromatic heterocycles. The maximum absolute atomic E-state index is 12.1. The lowest BCUT2D eigenvalue weighted by atomic mass is 10.1. The molecule has 3 rings (SSSR count). The fraction of sp³-hybridized carbons (Fsp3) is 0.176. The van der Waals surface area contributed by atoms with E-state index in [1.165, 1.54) is 24.3 Å². The first kappa shape index (κ1) is 17.9. The summed E-state index contributed by atoms with van der Waals surface area (Å²) in [5.74, 6) is -0.326. The third-order valence-corrected chi connectivity index (χ3v) is 4.94. The van der Waals surface area contributed by atoms with Gasteiger partial charge in [0.1, 0.15) is 6.54 Å². The van der Waals surface area contributed by atoms with Crippen molar-refractivity contribution in [3.8, 4) is 11.5 Å². The SMILES string of the molecule is O=C(CNS(=O)(=O)c1ccccc1)OCC(=O)c1ccc2c(c1)OCO2. The van der Waals surface area contributed by atoms with Crippen LogP contribution < -0.4 is 14.2 Å². The molecule has 1 N–H and O–H groups in total. The van der Waals surface area contributed by atoms with Crippen LogP contribution in [-0.2, 0) is 19.6 Å². The van der Waals surface area contributed by atoms with Crippen LogP contribution in [0.2, 0.25) is 0 Å². The molecule has 9 heteroatoms. The number of sulfonamides is 1. The van der Waals surface area contributed by atoms with E-state index >= 15 is 0 Å². The Morgan fingerprint density at radius 1 is 1.04 bits per heavy atom. The molecular weight excluding hydrogens is 362 g/mol. The van der Waals surface area contributed by atoms with Crippen molar-refractivity contribution in [2.24, 2.45) is 0 Å². The van der Waals surface area contributed by atoms with Gasteiger partial charge in [0.05, 0.1) is 4.90 Å². The molecule has 0 radical (unpaired) electrons. The number of Topliss-reactive ketones (excluding diaryl/α,β-unsaturated/α-hetero) is 1. The molecule has 1 aliphatic rings. The first-order chi connectivity index (χ1) is 12.5. The summed E-state index contributed by atoms with van der Waals surface area (Å²) >= 11 is 0. The summed E-state index contributed by atoms with van der Waals surface area (Å²) < 4.78 is 41.3. The molecule has 0 spiro atoms. The zero-order chi connectivity index (χ0) is 18.6. The second-order valence-corrected chi connectivity index (χ2v) is 7.06. The van der Waals surface area contributed by atoms with E-state index in [-0.39, 0.29) is 11.7 Å². The Hall–Kier alpha value is -2.91. The van der Waals surface area contributed by atoms with Crippen molar-refractivity contribution in [2.75, 3.05) is 19.9 Å². The summed E-state index contributed by atoms with van der Waals surface area (Å²) in [5, 5.41) is 0. The van der Waals surface area contributed by atoms with E-state index in [2.05, 4.69) is 4.72 Å². The van der Waals surface area contributed by atoms with Gasteiger partial charge in [-0.05, 0) is 30.3 Å². The van der Waals surface area contributed by atoms with Gasteiger partial charge in [-0.1, -0.05) is 18.2 Å². The lowest BCUT2D eigenvalue weighted by Gasteiger charge is -2.07. The molecule has 2 aromatic carbocycles. The minimum Gasteiger partial charge on any atom is -0.456 e. The van der Waals surface area contributed by atoms with Crippen molar-refractivity contribution in [2.45, 2.75) is 4.90 Å². The summed E-state index contributed by atoms with van der Waals surface area (Å²) in [7, 11) is -3.82. The average molecular weight is 377 g/mol. The topological polar surface area (TPSA) is 108 Å². The summed E-state index contributed by atoms with van der Waals surface area (Å²) in [6.45, 7) is -0.999. The summed E-state index contributed by atoms with van der Waals surface area (Å²) in [6.07, 6.45) is 0. The molecule has 0 bridgehead atoms. The van der Waals surface area contributed by atoms with Crippen LogP contribution in [0.1, 0.15) is 10.4 Å². The molecule has 2 aromatic rings. The van der Waals surface area contributed by atoms with Gasteiger partial charge in [0.2, 0.25) is 16.8 Å². The molecule has 1 aliphatic heterocycles. The lowest BCUT2D eigenvalue weighted by molar-refractivity contribution is -0.141. The number of ether oxygens (including phenoxy) is 3. The van der Waals surface area contributed by atoms with Crippen LogP contribution in [0.15, 0.2) is 53.4 Å². The van der Waals surface area contributed by atoms with Crippen LogP contribution in [0.3, 0.4) is 0 Å². The fourth-order valence-corrected chi connectivity index (χ4v) is 3.18. The van der Waals surface area contributed by atoms with Crippen molar-refractivity contribution in [3.05, 3.63) is 54.1 Å². The van der Waals surface area contributed by atoms with Crippen LogP contribution in [0.25, 0.3) is 0 Å². The molecule has 0 saturated heterocycles. The van der Waals surface area contributed by atoms with Crippen LogP contribution in [-0.4, -0.2) is 40.1 Å². The first-order valence-corrected chi connectivity index (χ1v) is 9.07. The number of hydrogen-bond donors (Lipinski definition) is 1. The van der Waals surface area contributed by atoms with Gasteiger partial charge in [-0.15, -0.1) is 0 Å². The standard InChI is InChI=1S/C17H15NO7S/c19-14(12-6-7-15-16(8-12)25-11-24-15)10-23-17(20)9-18-26(21,22)13-4-2-1-3-5-13/h1-8,18H,9-11H2. The van der Waals surface area contributed by atoms with Gasteiger partial charge in [-0.3, -0.25) is 9.59 Å². The number of ketones is 1. The second kappa shape index (κ2) is 7.54. The maximum Gasteiger partial charge on any atom is 0.321 e. The van der Waals surface area contributed by atoms with Gasteiger partial charge in [-0.25, -0.2) is 8.42 Å². The zero-order valence-electron chi connectivity index (χ0n) is 13.5. The Bertz CT molecular complexity index is 925. The van der Waals surface area contributed by atoms with E-state index in [0.29, 0.717) is 17.1 Å². The molecule has 0 aliphatic carbocycles. The number of rotatable bonds is 7. The van der Waals surface area contributed by atoms with Crippen molar-refractivity contribution in [1.82, 2.24) is 4.72 Å².